The van der Waals surface area contributed by atoms with Gasteiger partial charge in [0.15, 0.2) is 0 Å². The fourth-order valence-corrected chi connectivity index (χ4v) is 3.68. The minimum Gasteiger partial charge on any atom is -0.406 e. The van der Waals surface area contributed by atoms with Gasteiger partial charge < -0.3 is 4.74 Å². The van der Waals surface area contributed by atoms with Gasteiger partial charge in [-0.15, -0.1) is 13.2 Å². The minimum absolute atomic E-state index is 0.267. The van der Waals surface area contributed by atoms with Gasteiger partial charge in [0, 0.05) is 12.3 Å². The van der Waals surface area contributed by atoms with Crippen molar-refractivity contribution in [1.82, 2.24) is 9.97 Å². The third-order valence-corrected chi connectivity index (χ3v) is 4.83. The molecule has 5 nitrogen and oxygen atoms in total. The first-order valence-corrected chi connectivity index (χ1v) is 8.73. The normalized spacial score (nSPS) is 15.9. The van der Waals surface area contributed by atoms with Crippen molar-refractivity contribution in [3.8, 4) is 5.75 Å². The molecule has 1 aliphatic carbocycles. The van der Waals surface area contributed by atoms with Gasteiger partial charge in [0.1, 0.15) is 5.75 Å². The number of anilines is 1. The van der Waals surface area contributed by atoms with Crippen molar-refractivity contribution in [3.63, 3.8) is 0 Å². The van der Waals surface area contributed by atoms with Gasteiger partial charge in [-0.25, -0.2) is 4.98 Å². The highest BCUT2D eigenvalue weighted by molar-refractivity contribution is 7.22. The van der Waals surface area contributed by atoms with Crippen LogP contribution in [0.4, 0.5) is 18.3 Å². The number of hydrogen-bond acceptors (Lipinski definition) is 6. The first-order valence-electron chi connectivity index (χ1n) is 7.91. The number of hydrogen-bond donors (Lipinski definition) is 1. The predicted molar refractivity (Wildman–Crippen MR) is 93.6 cm³/mol. The van der Waals surface area contributed by atoms with Crippen LogP contribution in [0, 0.1) is 0 Å². The van der Waals surface area contributed by atoms with Gasteiger partial charge in [-0.05, 0) is 43.0 Å². The van der Waals surface area contributed by atoms with Crippen molar-refractivity contribution in [1.29, 1.82) is 0 Å². The minimum atomic E-state index is -4.72. The van der Waals surface area contributed by atoms with E-state index in [9.17, 15) is 13.2 Å². The van der Waals surface area contributed by atoms with Crippen LogP contribution in [0.2, 0.25) is 0 Å². The van der Waals surface area contributed by atoms with E-state index in [0.717, 1.165) is 36.2 Å². The summed E-state index contributed by atoms with van der Waals surface area (Å²) in [6, 6.07) is 7.99. The molecule has 0 aliphatic heterocycles. The summed E-state index contributed by atoms with van der Waals surface area (Å²) in [4.78, 5) is 8.72. The maximum Gasteiger partial charge on any atom is 0.573 e. The molecular formula is C17H13F3N4OS. The van der Waals surface area contributed by atoms with E-state index < -0.39 is 6.36 Å². The molecule has 0 atom stereocenters. The Hall–Kier alpha value is -2.68. The number of hydrazone groups is 1. The van der Waals surface area contributed by atoms with Gasteiger partial charge in [0.2, 0.25) is 5.13 Å². The van der Waals surface area contributed by atoms with E-state index in [1.807, 2.05) is 12.1 Å². The standard InChI is InChI=1S/C17H13F3N4OS/c18-17(19,20)25-11-6-7-12-14(9-11)26-16(22-12)24-23-13-5-1-3-10-4-2-8-21-15(10)13/h2,4,6-9H,1,3,5H2,(H,22,24)/b23-13+. The van der Waals surface area contributed by atoms with Crippen LogP contribution in [-0.2, 0) is 6.42 Å². The summed E-state index contributed by atoms with van der Waals surface area (Å²) in [5.41, 5.74) is 6.38. The van der Waals surface area contributed by atoms with Gasteiger partial charge >= 0.3 is 6.36 Å². The Labute approximate surface area is 150 Å². The zero-order valence-corrected chi connectivity index (χ0v) is 14.2. The molecule has 1 N–H and O–H groups in total. The average Bonchev–Trinajstić information content (AvgIpc) is 3.00. The fraction of sp³-hybridized carbons (Fsp3) is 0.235. The average molecular weight is 378 g/mol. The van der Waals surface area contributed by atoms with E-state index in [-0.39, 0.29) is 5.75 Å². The molecule has 1 aliphatic rings. The number of ether oxygens (including phenoxy) is 1. The molecule has 2 heterocycles. The van der Waals surface area contributed by atoms with E-state index in [1.165, 1.54) is 29.5 Å². The number of pyridine rings is 1. The molecule has 0 saturated heterocycles. The highest BCUT2D eigenvalue weighted by Crippen LogP contribution is 2.31. The lowest BCUT2D eigenvalue weighted by Gasteiger charge is -2.15. The molecule has 9 heteroatoms. The van der Waals surface area contributed by atoms with Crippen LogP contribution in [0.1, 0.15) is 24.1 Å². The fourth-order valence-electron chi connectivity index (χ4n) is 2.84. The Morgan fingerprint density at radius 3 is 2.92 bits per heavy atom. The summed E-state index contributed by atoms with van der Waals surface area (Å²) < 4.78 is 41.5. The Kier molecular flexibility index (Phi) is 4.23. The van der Waals surface area contributed by atoms with E-state index in [4.69, 9.17) is 0 Å². The number of alkyl halides is 3. The van der Waals surface area contributed by atoms with E-state index in [2.05, 4.69) is 25.2 Å². The maximum absolute atomic E-state index is 12.3. The molecule has 4 rings (SSSR count). The molecule has 0 bridgehead atoms. The van der Waals surface area contributed by atoms with Crippen LogP contribution < -0.4 is 10.2 Å². The predicted octanol–water partition coefficient (Wildman–Crippen LogP) is 4.74. The number of fused-ring (bicyclic) bond motifs is 2. The van der Waals surface area contributed by atoms with E-state index in [0.29, 0.717) is 15.3 Å². The van der Waals surface area contributed by atoms with Crippen molar-refractivity contribution in [2.75, 3.05) is 5.43 Å². The number of aromatic nitrogens is 2. The van der Waals surface area contributed by atoms with E-state index in [1.54, 1.807) is 6.20 Å². The molecule has 0 radical (unpaired) electrons. The smallest absolute Gasteiger partial charge is 0.406 e. The highest BCUT2D eigenvalue weighted by atomic mass is 32.1. The summed E-state index contributed by atoms with van der Waals surface area (Å²) in [6.45, 7) is 0. The molecule has 26 heavy (non-hydrogen) atoms. The first kappa shape index (κ1) is 16.8. The van der Waals surface area contributed by atoms with Crippen molar-refractivity contribution in [2.45, 2.75) is 25.6 Å². The van der Waals surface area contributed by atoms with Crippen molar-refractivity contribution in [3.05, 3.63) is 47.8 Å². The number of nitrogens with one attached hydrogen (secondary N) is 1. The summed E-state index contributed by atoms with van der Waals surface area (Å²) in [5, 5.41) is 4.91. The molecule has 3 aromatic rings. The van der Waals surface area contributed by atoms with Crippen LogP contribution >= 0.6 is 11.3 Å². The van der Waals surface area contributed by atoms with Crippen LogP contribution in [0.15, 0.2) is 41.6 Å². The number of nitrogens with zero attached hydrogens (tertiary/aromatic N) is 3. The van der Waals surface area contributed by atoms with Gasteiger partial charge in [0.05, 0.1) is 21.6 Å². The summed E-state index contributed by atoms with van der Waals surface area (Å²) in [6.07, 6.45) is -0.194. The first-order chi connectivity index (χ1) is 12.5. The molecule has 0 fully saturated rings. The second-order valence-corrected chi connectivity index (χ2v) is 6.76. The molecule has 0 saturated carbocycles. The molecule has 0 spiro atoms. The van der Waals surface area contributed by atoms with Crippen molar-refractivity contribution >= 4 is 32.4 Å². The van der Waals surface area contributed by atoms with Crippen LogP contribution in [0.5, 0.6) is 5.75 Å². The topological polar surface area (TPSA) is 59.4 Å². The molecule has 134 valence electrons. The Balaban J connectivity index is 1.57. The quantitative estimate of drug-likeness (QED) is 0.669. The molecule has 0 amide bonds. The summed E-state index contributed by atoms with van der Waals surface area (Å²) in [7, 11) is 0. The second-order valence-electron chi connectivity index (χ2n) is 5.73. The third-order valence-electron chi connectivity index (χ3n) is 3.90. The SMILES string of the molecule is FC(F)(F)Oc1ccc2nc(N/N=C3\CCCc4cccnc43)sc2c1. The number of aryl methyl sites for hydroxylation is 1. The Morgan fingerprint density at radius 2 is 2.08 bits per heavy atom. The number of thiazole rings is 1. The van der Waals surface area contributed by atoms with Crippen LogP contribution in [0.3, 0.4) is 0 Å². The monoisotopic (exact) mass is 378 g/mol. The lowest BCUT2D eigenvalue weighted by molar-refractivity contribution is -0.274. The van der Waals surface area contributed by atoms with Gasteiger partial charge in [-0.1, -0.05) is 17.4 Å². The lowest BCUT2D eigenvalue weighted by atomic mass is 9.95. The maximum atomic E-state index is 12.3. The van der Waals surface area contributed by atoms with Crippen LogP contribution in [0.25, 0.3) is 10.2 Å². The molecule has 0 unspecified atom stereocenters. The third kappa shape index (κ3) is 3.62. The van der Waals surface area contributed by atoms with E-state index >= 15 is 0 Å². The number of benzene rings is 1. The van der Waals surface area contributed by atoms with Gasteiger partial charge in [-0.2, -0.15) is 5.10 Å². The number of rotatable bonds is 3. The zero-order chi connectivity index (χ0) is 18.1. The lowest BCUT2D eigenvalue weighted by Crippen LogP contribution is -2.16. The summed E-state index contributed by atoms with van der Waals surface area (Å²) >= 11 is 1.21. The van der Waals surface area contributed by atoms with Crippen molar-refractivity contribution in [2.24, 2.45) is 5.10 Å². The largest absolute Gasteiger partial charge is 0.573 e. The molecule has 1 aromatic carbocycles. The van der Waals surface area contributed by atoms with Crippen molar-refractivity contribution < 1.29 is 17.9 Å². The molecular weight excluding hydrogens is 365 g/mol. The summed E-state index contributed by atoms with van der Waals surface area (Å²) in [5.74, 6) is -0.267. The second kappa shape index (κ2) is 6.56. The Morgan fingerprint density at radius 1 is 1.19 bits per heavy atom. The highest BCUT2D eigenvalue weighted by Gasteiger charge is 2.31. The molecule has 2 aromatic heterocycles. The van der Waals surface area contributed by atoms with Crippen LogP contribution in [-0.4, -0.2) is 22.0 Å². The zero-order valence-electron chi connectivity index (χ0n) is 13.4. The Bertz CT molecular complexity index is 984. The van der Waals surface area contributed by atoms with Gasteiger partial charge in [-0.3, -0.25) is 10.4 Å². The number of halogens is 3. The van der Waals surface area contributed by atoms with Gasteiger partial charge in [0.25, 0.3) is 0 Å².